The van der Waals surface area contributed by atoms with Gasteiger partial charge in [0.05, 0.1) is 17.8 Å². The number of aliphatic carboxylic acids is 1. The maximum absolute atomic E-state index is 10.5. The predicted molar refractivity (Wildman–Crippen MR) is 83.2 cm³/mol. The van der Waals surface area contributed by atoms with Gasteiger partial charge in [-0.2, -0.15) is 0 Å². The molecule has 0 bridgehead atoms. The minimum atomic E-state index is -0.808. The van der Waals surface area contributed by atoms with Crippen LogP contribution in [0, 0.1) is 0 Å². The summed E-state index contributed by atoms with van der Waals surface area (Å²) in [5.41, 5.74) is 1.70. The minimum absolute atomic E-state index is 0.101. The lowest BCUT2D eigenvalue weighted by Crippen LogP contribution is -1.98. The highest BCUT2D eigenvalue weighted by atomic mass is 79.9. The van der Waals surface area contributed by atoms with Crippen LogP contribution >= 0.6 is 43.2 Å². The second kappa shape index (κ2) is 6.49. The van der Waals surface area contributed by atoms with Crippen LogP contribution < -0.4 is 5.32 Å². The quantitative estimate of drug-likeness (QED) is 0.772. The van der Waals surface area contributed by atoms with Gasteiger partial charge in [0, 0.05) is 20.7 Å². The van der Waals surface area contributed by atoms with Gasteiger partial charge in [-0.3, -0.25) is 4.79 Å². The number of thiazole rings is 1. The van der Waals surface area contributed by atoms with Crippen LogP contribution in [-0.2, 0) is 11.2 Å². The van der Waals surface area contributed by atoms with Crippen molar-refractivity contribution in [1.82, 2.24) is 4.98 Å². The lowest BCUT2D eigenvalue weighted by Gasteiger charge is -2.05. The summed E-state index contributed by atoms with van der Waals surface area (Å²) in [6.45, 7) is 0. The Labute approximate surface area is 131 Å². The standard InChI is InChI=1S/C12H10Br2N2O2S/c13-7-1-3-9(14)10(5-7)16-12-15-8(6-19-12)2-4-11(17)18/h1,3,5-6H,2,4H2,(H,15,16)(H,17,18). The predicted octanol–water partition coefficient (Wildman–Crippen LogP) is 4.43. The Kier molecular flexibility index (Phi) is 4.95. The van der Waals surface area contributed by atoms with Crippen LogP contribution in [0.5, 0.6) is 0 Å². The molecule has 0 radical (unpaired) electrons. The van der Waals surface area contributed by atoms with Gasteiger partial charge >= 0.3 is 5.97 Å². The largest absolute Gasteiger partial charge is 0.481 e. The second-order valence-corrected chi connectivity index (χ2v) is 6.42. The minimum Gasteiger partial charge on any atom is -0.481 e. The third kappa shape index (κ3) is 4.29. The molecule has 0 aliphatic rings. The molecule has 0 amide bonds. The van der Waals surface area contributed by atoms with Crippen molar-refractivity contribution in [3.05, 3.63) is 38.2 Å². The summed E-state index contributed by atoms with van der Waals surface area (Å²) < 4.78 is 1.92. The fourth-order valence-electron chi connectivity index (χ4n) is 1.42. The molecule has 7 heteroatoms. The number of hydrogen-bond donors (Lipinski definition) is 2. The Morgan fingerprint density at radius 1 is 1.42 bits per heavy atom. The monoisotopic (exact) mass is 404 g/mol. The fraction of sp³-hybridized carbons (Fsp3) is 0.167. The van der Waals surface area contributed by atoms with E-state index in [-0.39, 0.29) is 6.42 Å². The van der Waals surface area contributed by atoms with E-state index in [0.29, 0.717) is 6.42 Å². The lowest BCUT2D eigenvalue weighted by molar-refractivity contribution is -0.136. The number of rotatable bonds is 5. The number of benzene rings is 1. The Morgan fingerprint density at radius 2 is 2.21 bits per heavy atom. The van der Waals surface area contributed by atoms with Gasteiger partial charge in [0.15, 0.2) is 5.13 Å². The topological polar surface area (TPSA) is 62.2 Å². The zero-order valence-corrected chi connectivity index (χ0v) is 13.7. The van der Waals surface area contributed by atoms with E-state index in [4.69, 9.17) is 5.11 Å². The molecular weight excluding hydrogens is 396 g/mol. The van der Waals surface area contributed by atoms with Crippen LogP contribution in [0.15, 0.2) is 32.5 Å². The van der Waals surface area contributed by atoms with Crippen molar-refractivity contribution >= 4 is 60.0 Å². The van der Waals surface area contributed by atoms with Crippen molar-refractivity contribution in [1.29, 1.82) is 0 Å². The summed E-state index contributed by atoms with van der Waals surface area (Å²) in [7, 11) is 0. The number of nitrogens with one attached hydrogen (secondary N) is 1. The molecule has 0 aliphatic carbocycles. The molecule has 1 heterocycles. The summed E-state index contributed by atoms with van der Waals surface area (Å²) in [6.07, 6.45) is 0.553. The number of carboxylic acids is 1. The number of hydrogen-bond acceptors (Lipinski definition) is 4. The molecule has 0 fully saturated rings. The number of carbonyl (C=O) groups is 1. The van der Waals surface area contributed by atoms with Crippen LogP contribution in [0.1, 0.15) is 12.1 Å². The number of anilines is 2. The van der Waals surface area contributed by atoms with Crippen LogP contribution in [0.3, 0.4) is 0 Å². The number of aryl methyl sites for hydroxylation is 1. The van der Waals surface area contributed by atoms with Crippen molar-refractivity contribution in [2.75, 3.05) is 5.32 Å². The van der Waals surface area contributed by atoms with Gasteiger partial charge in [-0.1, -0.05) is 15.9 Å². The molecule has 100 valence electrons. The summed E-state index contributed by atoms with van der Waals surface area (Å²) in [6, 6.07) is 5.82. The van der Waals surface area contributed by atoms with Crippen LogP contribution in [0.4, 0.5) is 10.8 Å². The summed E-state index contributed by atoms with van der Waals surface area (Å²) in [4.78, 5) is 14.9. The molecule has 19 heavy (non-hydrogen) atoms. The number of halogens is 2. The fourth-order valence-corrected chi connectivity index (χ4v) is 2.89. The van der Waals surface area contributed by atoms with E-state index in [0.717, 1.165) is 25.5 Å². The summed E-state index contributed by atoms with van der Waals surface area (Å²) in [5.74, 6) is -0.808. The van der Waals surface area contributed by atoms with E-state index in [2.05, 4.69) is 42.2 Å². The first-order valence-electron chi connectivity index (χ1n) is 5.43. The van der Waals surface area contributed by atoms with E-state index in [1.165, 1.54) is 11.3 Å². The van der Waals surface area contributed by atoms with Crippen LogP contribution in [-0.4, -0.2) is 16.1 Å². The molecular formula is C12H10Br2N2O2S. The first-order valence-corrected chi connectivity index (χ1v) is 7.89. The van der Waals surface area contributed by atoms with Crippen LogP contribution in [0.25, 0.3) is 0 Å². The van der Waals surface area contributed by atoms with E-state index < -0.39 is 5.97 Å². The average molecular weight is 406 g/mol. The van der Waals surface area contributed by atoms with E-state index in [1.807, 2.05) is 23.6 Å². The average Bonchev–Trinajstić information content (AvgIpc) is 2.79. The van der Waals surface area contributed by atoms with E-state index in [9.17, 15) is 4.79 Å². The van der Waals surface area contributed by atoms with Crippen molar-refractivity contribution in [2.24, 2.45) is 0 Å². The third-order valence-electron chi connectivity index (χ3n) is 2.32. The highest BCUT2D eigenvalue weighted by molar-refractivity contribution is 9.11. The Hall–Kier alpha value is -0.920. The molecule has 1 aromatic heterocycles. The Morgan fingerprint density at radius 3 is 2.95 bits per heavy atom. The van der Waals surface area contributed by atoms with Crippen molar-refractivity contribution in [2.45, 2.75) is 12.8 Å². The molecule has 0 atom stereocenters. The normalized spacial score (nSPS) is 10.4. The smallest absolute Gasteiger partial charge is 0.303 e. The molecule has 1 aromatic carbocycles. The zero-order valence-electron chi connectivity index (χ0n) is 9.69. The summed E-state index contributed by atoms with van der Waals surface area (Å²) in [5, 5.41) is 14.5. The molecule has 0 aliphatic heterocycles. The summed E-state index contributed by atoms with van der Waals surface area (Å²) >= 11 is 8.33. The van der Waals surface area contributed by atoms with E-state index >= 15 is 0 Å². The van der Waals surface area contributed by atoms with Gasteiger partial charge in [0.1, 0.15) is 0 Å². The van der Waals surface area contributed by atoms with Gasteiger partial charge in [-0.05, 0) is 34.1 Å². The van der Waals surface area contributed by atoms with E-state index in [1.54, 1.807) is 0 Å². The molecule has 2 rings (SSSR count). The van der Waals surface area contributed by atoms with Crippen LogP contribution in [0.2, 0.25) is 0 Å². The lowest BCUT2D eigenvalue weighted by atomic mass is 10.2. The molecule has 4 nitrogen and oxygen atoms in total. The molecule has 0 saturated carbocycles. The first-order chi connectivity index (χ1) is 9.04. The highest BCUT2D eigenvalue weighted by Crippen LogP contribution is 2.30. The van der Waals surface area contributed by atoms with Crippen molar-refractivity contribution in [3.8, 4) is 0 Å². The number of nitrogens with zero attached hydrogens (tertiary/aromatic N) is 1. The highest BCUT2D eigenvalue weighted by Gasteiger charge is 2.07. The first kappa shape index (κ1) is 14.5. The maximum atomic E-state index is 10.5. The second-order valence-electron chi connectivity index (χ2n) is 3.79. The molecule has 0 saturated heterocycles. The van der Waals surface area contributed by atoms with Crippen molar-refractivity contribution in [3.63, 3.8) is 0 Å². The van der Waals surface area contributed by atoms with Gasteiger partial charge in [0.25, 0.3) is 0 Å². The maximum Gasteiger partial charge on any atom is 0.303 e. The Balaban J connectivity index is 2.07. The molecule has 0 unspecified atom stereocenters. The van der Waals surface area contributed by atoms with Gasteiger partial charge in [-0.15, -0.1) is 11.3 Å². The Bertz CT molecular complexity index is 601. The SMILES string of the molecule is O=C(O)CCc1csc(Nc2cc(Br)ccc2Br)n1. The third-order valence-corrected chi connectivity index (χ3v) is 4.31. The van der Waals surface area contributed by atoms with Gasteiger partial charge in [-0.25, -0.2) is 4.98 Å². The molecule has 0 spiro atoms. The van der Waals surface area contributed by atoms with Crippen molar-refractivity contribution < 1.29 is 9.90 Å². The number of aromatic nitrogens is 1. The van der Waals surface area contributed by atoms with Gasteiger partial charge < -0.3 is 10.4 Å². The molecule has 2 aromatic rings. The molecule has 2 N–H and O–H groups in total. The van der Waals surface area contributed by atoms with Gasteiger partial charge in [0.2, 0.25) is 0 Å². The zero-order chi connectivity index (χ0) is 13.8. The number of carboxylic acid groups (broad SMARTS) is 1.